The lowest BCUT2D eigenvalue weighted by Gasteiger charge is -2.31. The fourth-order valence-electron chi connectivity index (χ4n) is 2.12. The van der Waals surface area contributed by atoms with E-state index in [-0.39, 0.29) is 18.3 Å². The Hall–Kier alpha value is -1.42. The lowest BCUT2D eigenvalue weighted by molar-refractivity contribution is 0.0650. The number of carbonyl (C=O) groups excluding carboxylic acids is 1. The first-order chi connectivity index (χ1) is 8.20. The van der Waals surface area contributed by atoms with Crippen molar-refractivity contribution in [1.82, 2.24) is 4.90 Å². The Morgan fingerprint density at radius 2 is 2.12 bits per heavy atom. The predicted molar refractivity (Wildman–Crippen MR) is 62.1 cm³/mol. The third kappa shape index (κ3) is 2.82. The molecule has 1 aliphatic rings. The van der Waals surface area contributed by atoms with Crippen LogP contribution < -0.4 is 0 Å². The van der Waals surface area contributed by atoms with Gasteiger partial charge in [0.1, 0.15) is 5.82 Å². The molecule has 3 nitrogen and oxygen atoms in total. The maximum Gasteiger partial charge on any atom is 0.253 e. The predicted octanol–water partition coefficient (Wildman–Crippen LogP) is 1.67. The molecule has 1 aliphatic heterocycles. The highest BCUT2D eigenvalue weighted by atomic mass is 19.1. The highest BCUT2D eigenvalue weighted by Crippen LogP contribution is 2.18. The maximum absolute atomic E-state index is 13.0. The molecule has 1 amide bonds. The molecule has 1 fully saturated rings. The summed E-state index contributed by atoms with van der Waals surface area (Å²) >= 11 is 0. The summed E-state index contributed by atoms with van der Waals surface area (Å²) in [7, 11) is 0. The molecule has 1 heterocycles. The highest BCUT2D eigenvalue weighted by Gasteiger charge is 2.23. The molecular weight excluding hydrogens is 221 g/mol. The van der Waals surface area contributed by atoms with Gasteiger partial charge >= 0.3 is 0 Å². The minimum Gasteiger partial charge on any atom is -0.396 e. The van der Waals surface area contributed by atoms with Gasteiger partial charge < -0.3 is 10.0 Å². The molecule has 1 aromatic carbocycles. The SMILES string of the molecule is O=C(c1cccc(F)c1)N1CCC(CO)CC1. The summed E-state index contributed by atoms with van der Waals surface area (Å²) < 4.78 is 13.0. The molecule has 17 heavy (non-hydrogen) atoms. The number of amides is 1. The van der Waals surface area contributed by atoms with Crippen LogP contribution in [0.4, 0.5) is 4.39 Å². The first-order valence-electron chi connectivity index (χ1n) is 5.86. The Morgan fingerprint density at radius 1 is 1.41 bits per heavy atom. The van der Waals surface area contributed by atoms with Crippen molar-refractivity contribution in [3.8, 4) is 0 Å². The molecule has 4 heteroatoms. The van der Waals surface area contributed by atoms with Crippen molar-refractivity contribution < 1.29 is 14.3 Å². The third-order valence-electron chi connectivity index (χ3n) is 3.23. The van der Waals surface area contributed by atoms with Crippen molar-refractivity contribution in [2.45, 2.75) is 12.8 Å². The van der Waals surface area contributed by atoms with E-state index in [2.05, 4.69) is 0 Å². The van der Waals surface area contributed by atoms with Crippen LogP contribution in [0.3, 0.4) is 0 Å². The maximum atomic E-state index is 13.0. The van der Waals surface area contributed by atoms with Crippen LogP contribution >= 0.6 is 0 Å². The molecule has 0 unspecified atom stereocenters. The highest BCUT2D eigenvalue weighted by molar-refractivity contribution is 5.94. The second kappa shape index (κ2) is 5.27. The number of hydrogen-bond acceptors (Lipinski definition) is 2. The van der Waals surface area contributed by atoms with E-state index in [0.29, 0.717) is 24.6 Å². The zero-order valence-electron chi connectivity index (χ0n) is 9.60. The van der Waals surface area contributed by atoms with E-state index in [9.17, 15) is 9.18 Å². The molecule has 0 spiro atoms. The molecule has 0 aliphatic carbocycles. The van der Waals surface area contributed by atoms with Crippen LogP contribution in [0.25, 0.3) is 0 Å². The van der Waals surface area contributed by atoms with Crippen LogP contribution in [0.15, 0.2) is 24.3 Å². The summed E-state index contributed by atoms with van der Waals surface area (Å²) in [5, 5.41) is 9.02. The summed E-state index contributed by atoms with van der Waals surface area (Å²) in [6.45, 7) is 1.46. The van der Waals surface area contributed by atoms with Crippen LogP contribution in [0.5, 0.6) is 0 Å². The molecule has 2 rings (SSSR count). The number of carbonyl (C=O) groups is 1. The quantitative estimate of drug-likeness (QED) is 0.850. The molecule has 1 N–H and O–H groups in total. The Bertz CT molecular complexity index is 400. The van der Waals surface area contributed by atoms with Crippen molar-refractivity contribution in [2.24, 2.45) is 5.92 Å². The average molecular weight is 237 g/mol. The Kier molecular flexibility index (Phi) is 3.74. The standard InChI is InChI=1S/C13H16FNO2/c14-12-3-1-2-11(8-12)13(17)15-6-4-10(9-16)5-7-15/h1-3,8,10,16H,4-7,9H2. The topological polar surface area (TPSA) is 40.5 Å². The van der Waals surface area contributed by atoms with Crippen molar-refractivity contribution in [3.63, 3.8) is 0 Å². The van der Waals surface area contributed by atoms with Crippen molar-refractivity contribution in [2.75, 3.05) is 19.7 Å². The zero-order chi connectivity index (χ0) is 12.3. The molecule has 92 valence electrons. The van der Waals surface area contributed by atoms with Gasteiger partial charge in [0, 0.05) is 25.3 Å². The minimum atomic E-state index is -0.388. The second-order valence-corrected chi connectivity index (χ2v) is 4.43. The van der Waals surface area contributed by atoms with Crippen LogP contribution in [-0.2, 0) is 0 Å². The largest absolute Gasteiger partial charge is 0.396 e. The Balaban J connectivity index is 2.02. The number of likely N-dealkylation sites (tertiary alicyclic amines) is 1. The van der Waals surface area contributed by atoms with Crippen molar-refractivity contribution >= 4 is 5.91 Å². The van der Waals surface area contributed by atoms with E-state index >= 15 is 0 Å². The van der Waals surface area contributed by atoms with Gasteiger partial charge in [0.15, 0.2) is 0 Å². The molecule has 1 saturated heterocycles. The van der Waals surface area contributed by atoms with E-state index < -0.39 is 0 Å². The lowest BCUT2D eigenvalue weighted by atomic mass is 9.97. The van der Waals surface area contributed by atoms with Gasteiger partial charge in [0.05, 0.1) is 0 Å². The lowest BCUT2D eigenvalue weighted by Crippen LogP contribution is -2.39. The number of hydrogen-bond donors (Lipinski definition) is 1. The fourth-order valence-corrected chi connectivity index (χ4v) is 2.12. The first kappa shape index (κ1) is 12.0. The number of benzene rings is 1. The first-order valence-corrected chi connectivity index (χ1v) is 5.86. The van der Waals surface area contributed by atoms with Gasteiger partial charge in [-0.2, -0.15) is 0 Å². The van der Waals surface area contributed by atoms with Gasteiger partial charge in [-0.15, -0.1) is 0 Å². The molecule has 0 aromatic heterocycles. The minimum absolute atomic E-state index is 0.124. The van der Waals surface area contributed by atoms with Gasteiger partial charge in [-0.25, -0.2) is 4.39 Å². The summed E-state index contributed by atoms with van der Waals surface area (Å²) in [6, 6.07) is 5.77. The third-order valence-corrected chi connectivity index (χ3v) is 3.23. The van der Waals surface area contributed by atoms with Crippen molar-refractivity contribution in [1.29, 1.82) is 0 Å². The van der Waals surface area contributed by atoms with Gasteiger partial charge in [0.2, 0.25) is 0 Å². The van der Waals surface area contributed by atoms with Crippen LogP contribution in [0.2, 0.25) is 0 Å². The number of halogens is 1. The Morgan fingerprint density at radius 3 is 2.71 bits per heavy atom. The Labute approximate surface area is 99.9 Å². The molecule has 0 radical (unpaired) electrons. The van der Waals surface area contributed by atoms with Gasteiger partial charge in [-0.3, -0.25) is 4.79 Å². The summed E-state index contributed by atoms with van der Waals surface area (Å²) in [5.41, 5.74) is 0.396. The average Bonchev–Trinajstić information content (AvgIpc) is 2.38. The van der Waals surface area contributed by atoms with E-state index in [1.807, 2.05) is 0 Å². The molecule has 0 atom stereocenters. The normalized spacial score (nSPS) is 17.2. The van der Waals surface area contributed by atoms with E-state index in [4.69, 9.17) is 5.11 Å². The number of aliphatic hydroxyl groups is 1. The summed E-state index contributed by atoms with van der Waals surface area (Å²) in [5.74, 6) is -0.214. The number of nitrogens with zero attached hydrogens (tertiary/aromatic N) is 1. The van der Waals surface area contributed by atoms with Gasteiger partial charge in [-0.1, -0.05) is 6.07 Å². The van der Waals surface area contributed by atoms with Crippen LogP contribution in [-0.4, -0.2) is 35.6 Å². The number of rotatable bonds is 2. The smallest absolute Gasteiger partial charge is 0.253 e. The monoisotopic (exact) mass is 237 g/mol. The van der Waals surface area contributed by atoms with Crippen molar-refractivity contribution in [3.05, 3.63) is 35.6 Å². The summed E-state index contributed by atoms with van der Waals surface area (Å²) in [4.78, 5) is 13.8. The second-order valence-electron chi connectivity index (χ2n) is 4.43. The summed E-state index contributed by atoms with van der Waals surface area (Å²) in [6.07, 6.45) is 1.63. The van der Waals surface area contributed by atoms with E-state index in [0.717, 1.165) is 12.8 Å². The van der Waals surface area contributed by atoms with E-state index in [1.165, 1.54) is 12.1 Å². The van der Waals surface area contributed by atoms with E-state index in [1.54, 1.807) is 17.0 Å². The molecular formula is C13H16FNO2. The van der Waals surface area contributed by atoms with Gasteiger partial charge in [-0.05, 0) is 37.0 Å². The fraction of sp³-hybridized carbons (Fsp3) is 0.462. The molecule has 0 bridgehead atoms. The number of piperidine rings is 1. The number of aliphatic hydroxyl groups excluding tert-OH is 1. The van der Waals surface area contributed by atoms with Crippen LogP contribution in [0, 0.1) is 11.7 Å². The molecule has 1 aromatic rings. The zero-order valence-corrected chi connectivity index (χ0v) is 9.60. The van der Waals surface area contributed by atoms with Gasteiger partial charge in [0.25, 0.3) is 5.91 Å². The van der Waals surface area contributed by atoms with Crippen LogP contribution in [0.1, 0.15) is 23.2 Å². The molecule has 0 saturated carbocycles.